The van der Waals surface area contributed by atoms with Crippen LogP contribution in [0.3, 0.4) is 0 Å². The van der Waals surface area contributed by atoms with Crippen LogP contribution < -0.4 is 4.74 Å². The summed E-state index contributed by atoms with van der Waals surface area (Å²) in [6.45, 7) is 0. The molecule has 0 N–H and O–H groups in total. The highest BCUT2D eigenvalue weighted by atomic mass is 35.5. The molecule has 0 aromatic heterocycles. The second kappa shape index (κ2) is 7.39. The Balaban J connectivity index is 1.91. The predicted molar refractivity (Wildman–Crippen MR) is 104 cm³/mol. The summed E-state index contributed by atoms with van der Waals surface area (Å²) in [5, 5.41) is 0.512. The molecular weight excluding hydrogens is 378 g/mol. The van der Waals surface area contributed by atoms with Gasteiger partial charge in [-0.3, -0.25) is 9.59 Å². The van der Waals surface area contributed by atoms with Crippen LogP contribution in [0.2, 0.25) is 5.02 Å². The topological polar surface area (TPSA) is 46.6 Å². The number of carbonyl (C=O) groups excluding carboxylic acids is 2. The molecule has 0 bridgehead atoms. The number of benzene rings is 2. The van der Waals surface area contributed by atoms with E-state index in [1.165, 1.54) is 0 Å². The summed E-state index contributed by atoms with van der Waals surface area (Å²) in [4.78, 5) is 26.6. The van der Waals surface area contributed by atoms with Crippen LogP contribution in [0.5, 0.6) is 5.75 Å². The molecule has 7 heteroatoms. The van der Waals surface area contributed by atoms with Crippen LogP contribution in [-0.2, 0) is 4.79 Å². The van der Waals surface area contributed by atoms with Crippen molar-refractivity contribution in [3.8, 4) is 5.75 Å². The highest BCUT2D eigenvalue weighted by Gasteiger charge is 2.37. The number of hydrogen-bond acceptors (Lipinski definition) is 5. The average molecular weight is 390 g/mol. The van der Waals surface area contributed by atoms with Gasteiger partial charge in [0.15, 0.2) is 4.32 Å². The van der Waals surface area contributed by atoms with Crippen LogP contribution >= 0.6 is 35.6 Å². The fourth-order valence-electron chi connectivity index (χ4n) is 2.29. The SMILES string of the molecule is COc1ccccc1C=C1SC(=S)N(C(=O)c2ccc(Cl)cc2)C1=O. The van der Waals surface area contributed by atoms with Gasteiger partial charge in [0.05, 0.1) is 12.0 Å². The zero-order valence-corrected chi connectivity index (χ0v) is 15.5. The molecule has 0 spiro atoms. The summed E-state index contributed by atoms with van der Waals surface area (Å²) in [6.07, 6.45) is 1.67. The quantitative estimate of drug-likeness (QED) is 0.442. The first-order valence-electron chi connectivity index (χ1n) is 7.22. The standard InChI is InChI=1S/C18H12ClNO3S2/c1-23-14-5-3-2-4-12(14)10-15-17(22)20(18(24)25-15)16(21)11-6-8-13(19)9-7-11/h2-10H,1H3. The lowest BCUT2D eigenvalue weighted by molar-refractivity contribution is -0.120. The van der Waals surface area contributed by atoms with Crippen molar-refractivity contribution >= 4 is 57.8 Å². The fraction of sp³-hybridized carbons (Fsp3) is 0.0556. The molecule has 1 aliphatic heterocycles. The Morgan fingerprint density at radius 2 is 1.88 bits per heavy atom. The van der Waals surface area contributed by atoms with Crippen molar-refractivity contribution in [2.24, 2.45) is 0 Å². The van der Waals surface area contributed by atoms with Gasteiger partial charge < -0.3 is 4.74 Å². The van der Waals surface area contributed by atoms with Crippen molar-refractivity contribution in [2.75, 3.05) is 7.11 Å². The number of para-hydroxylation sites is 1. The van der Waals surface area contributed by atoms with Crippen molar-refractivity contribution in [3.63, 3.8) is 0 Å². The van der Waals surface area contributed by atoms with Crippen molar-refractivity contribution in [1.29, 1.82) is 0 Å². The van der Waals surface area contributed by atoms with E-state index in [9.17, 15) is 9.59 Å². The molecule has 2 aromatic carbocycles. The molecule has 1 aliphatic rings. The molecule has 3 rings (SSSR count). The Morgan fingerprint density at radius 1 is 1.20 bits per heavy atom. The van der Waals surface area contributed by atoms with Gasteiger partial charge >= 0.3 is 0 Å². The number of hydrogen-bond donors (Lipinski definition) is 0. The molecule has 0 unspecified atom stereocenters. The zero-order chi connectivity index (χ0) is 18.0. The second-order valence-corrected chi connectivity index (χ2v) is 7.18. The largest absolute Gasteiger partial charge is 0.496 e. The molecule has 0 saturated carbocycles. The molecule has 2 amide bonds. The zero-order valence-electron chi connectivity index (χ0n) is 13.1. The number of imide groups is 1. The number of halogens is 1. The number of amides is 2. The van der Waals surface area contributed by atoms with E-state index in [-0.39, 0.29) is 4.32 Å². The molecule has 1 saturated heterocycles. The third-order valence-electron chi connectivity index (χ3n) is 3.51. The van der Waals surface area contributed by atoms with Gasteiger partial charge in [-0.15, -0.1) is 0 Å². The minimum atomic E-state index is -0.470. The third kappa shape index (κ3) is 3.61. The summed E-state index contributed by atoms with van der Waals surface area (Å²) in [7, 11) is 1.56. The Hall–Kier alpha value is -2.15. The summed E-state index contributed by atoms with van der Waals surface area (Å²) in [6, 6.07) is 13.6. The number of rotatable bonds is 3. The van der Waals surface area contributed by atoms with Crippen LogP contribution in [0.15, 0.2) is 53.4 Å². The summed E-state index contributed by atoms with van der Waals surface area (Å²) < 4.78 is 5.48. The van der Waals surface area contributed by atoms with E-state index in [1.54, 1.807) is 43.5 Å². The van der Waals surface area contributed by atoms with Gasteiger partial charge in [0.2, 0.25) is 0 Å². The second-order valence-electron chi connectivity index (χ2n) is 5.07. The van der Waals surface area contributed by atoms with Crippen LogP contribution in [0, 0.1) is 0 Å². The van der Waals surface area contributed by atoms with Gasteiger partial charge in [-0.1, -0.05) is 53.8 Å². The molecule has 2 aromatic rings. The maximum atomic E-state index is 12.7. The van der Waals surface area contributed by atoms with Gasteiger partial charge in [0.25, 0.3) is 11.8 Å². The van der Waals surface area contributed by atoms with E-state index in [0.717, 1.165) is 22.2 Å². The molecule has 1 heterocycles. The van der Waals surface area contributed by atoms with E-state index in [0.29, 0.717) is 21.2 Å². The molecule has 4 nitrogen and oxygen atoms in total. The molecule has 1 fully saturated rings. The molecular formula is C18H12ClNO3S2. The van der Waals surface area contributed by atoms with E-state index in [4.69, 9.17) is 28.6 Å². The Bertz CT molecular complexity index is 893. The van der Waals surface area contributed by atoms with E-state index in [1.807, 2.05) is 18.2 Å². The van der Waals surface area contributed by atoms with Crippen molar-refractivity contribution in [2.45, 2.75) is 0 Å². The molecule has 0 atom stereocenters. The minimum absolute atomic E-state index is 0.200. The normalized spacial score (nSPS) is 15.8. The van der Waals surface area contributed by atoms with Crippen molar-refractivity contribution in [3.05, 3.63) is 69.6 Å². The predicted octanol–water partition coefficient (Wildman–Crippen LogP) is 4.39. The molecule has 0 radical (unpaired) electrons. The fourth-order valence-corrected chi connectivity index (χ4v) is 3.66. The Kier molecular flexibility index (Phi) is 5.22. The first-order valence-corrected chi connectivity index (χ1v) is 8.82. The Labute approximate surface area is 159 Å². The van der Waals surface area contributed by atoms with Gasteiger partial charge in [-0.2, -0.15) is 0 Å². The highest BCUT2D eigenvalue weighted by molar-refractivity contribution is 8.26. The number of carbonyl (C=O) groups is 2. The first-order chi connectivity index (χ1) is 12.0. The summed E-state index contributed by atoms with van der Waals surface area (Å²) >= 11 is 12.1. The van der Waals surface area contributed by atoms with Crippen LogP contribution in [0.25, 0.3) is 6.08 Å². The molecule has 25 heavy (non-hydrogen) atoms. The maximum Gasteiger partial charge on any atom is 0.273 e. The average Bonchev–Trinajstić information content (AvgIpc) is 2.89. The van der Waals surface area contributed by atoms with Crippen LogP contribution in [0.1, 0.15) is 15.9 Å². The smallest absolute Gasteiger partial charge is 0.273 e. The van der Waals surface area contributed by atoms with Crippen molar-refractivity contribution < 1.29 is 14.3 Å². The summed E-state index contributed by atoms with van der Waals surface area (Å²) in [5.74, 6) is -0.278. The number of methoxy groups -OCH3 is 1. The van der Waals surface area contributed by atoms with Gasteiger partial charge in [0.1, 0.15) is 5.75 Å². The first kappa shape index (κ1) is 17.7. The number of ether oxygens (including phenoxy) is 1. The summed E-state index contributed by atoms with van der Waals surface area (Å²) in [5.41, 5.74) is 1.09. The van der Waals surface area contributed by atoms with Gasteiger partial charge in [-0.05, 0) is 36.4 Å². The maximum absolute atomic E-state index is 12.7. The lowest BCUT2D eigenvalue weighted by Crippen LogP contribution is -2.34. The molecule has 0 aliphatic carbocycles. The minimum Gasteiger partial charge on any atom is -0.496 e. The monoisotopic (exact) mass is 389 g/mol. The van der Waals surface area contributed by atoms with Gasteiger partial charge in [-0.25, -0.2) is 4.90 Å². The van der Waals surface area contributed by atoms with E-state index in [2.05, 4.69) is 0 Å². The number of nitrogens with zero attached hydrogens (tertiary/aromatic N) is 1. The van der Waals surface area contributed by atoms with Crippen LogP contribution in [0.4, 0.5) is 0 Å². The van der Waals surface area contributed by atoms with E-state index >= 15 is 0 Å². The van der Waals surface area contributed by atoms with Crippen molar-refractivity contribution in [1.82, 2.24) is 4.90 Å². The highest BCUT2D eigenvalue weighted by Crippen LogP contribution is 2.35. The number of thiocarbonyl (C=S) groups is 1. The third-order valence-corrected chi connectivity index (χ3v) is 5.07. The lowest BCUT2D eigenvalue weighted by atomic mass is 10.1. The Morgan fingerprint density at radius 3 is 2.56 bits per heavy atom. The van der Waals surface area contributed by atoms with E-state index < -0.39 is 11.8 Å². The van der Waals surface area contributed by atoms with Crippen LogP contribution in [-0.4, -0.2) is 28.1 Å². The van der Waals surface area contributed by atoms with Gasteiger partial charge in [0, 0.05) is 16.1 Å². The lowest BCUT2D eigenvalue weighted by Gasteiger charge is -2.12. The number of thioether (sulfide) groups is 1. The molecule has 126 valence electrons.